The van der Waals surface area contributed by atoms with Gasteiger partial charge in [0, 0.05) is 12.1 Å². The van der Waals surface area contributed by atoms with Crippen LogP contribution in [0.15, 0.2) is 84.9 Å². The number of rotatable bonds is 6. The molecule has 0 saturated heterocycles. The zero-order valence-corrected chi connectivity index (χ0v) is 13.3. The molecule has 0 aliphatic rings. The van der Waals surface area contributed by atoms with Gasteiger partial charge >= 0.3 is 0 Å². The van der Waals surface area contributed by atoms with E-state index in [0.717, 1.165) is 16.9 Å². The summed E-state index contributed by atoms with van der Waals surface area (Å²) in [5.41, 5.74) is 2.76. The van der Waals surface area contributed by atoms with E-state index in [1.807, 2.05) is 84.9 Å². The van der Waals surface area contributed by atoms with E-state index < -0.39 is 0 Å². The molecule has 0 fully saturated rings. The van der Waals surface area contributed by atoms with Gasteiger partial charge in [-0.05, 0) is 35.4 Å². The number of benzene rings is 3. The summed E-state index contributed by atoms with van der Waals surface area (Å²) in [6.45, 7) is 1.01. The Balaban J connectivity index is 1.53. The summed E-state index contributed by atoms with van der Waals surface area (Å²) in [4.78, 5) is 12.2. The Hall–Kier alpha value is -3.07. The Kier molecular flexibility index (Phi) is 5.25. The molecule has 0 atom stereocenters. The summed E-state index contributed by atoms with van der Waals surface area (Å²) in [6.07, 6.45) is 0. The Bertz CT molecular complexity index is 768. The normalized spacial score (nSPS) is 10.2. The van der Waals surface area contributed by atoms with Crippen LogP contribution in [0, 0.1) is 0 Å². The first-order valence-corrected chi connectivity index (χ1v) is 7.90. The average molecular weight is 317 g/mol. The summed E-state index contributed by atoms with van der Waals surface area (Å²) in [5, 5.41) is 2.92. The quantitative estimate of drug-likeness (QED) is 0.740. The lowest BCUT2D eigenvalue weighted by Gasteiger charge is -2.08. The van der Waals surface area contributed by atoms with Crippen LogP contribution >= 0.6 is 0 Å². The van der Waals surface area contributed by atoms with E-state index in [9.17, 15) is 4.79 Å². The van der Waals surface area contributed by atoms with Crippen LogP contribution < -0.4 is 10.1 Å². The molecule has 0 radical (unpaired) electrons. The molecule has 0 saturated carbocycles. The van der Waals surface area contributed by atoms with Gasteiger partial charge in [0.15, 0.2) is 0 Å². The summed E-state index contributed by atoms with van der Waals surface area (Å²) < 4.78 is 5.70. The van der Waals surface area contributed by atoms with Crippen molar-refractivity contribution in [1.82, 2.24) is 5.32 Å². The van der Waals surface area contributed by atoms with Crippen LogP contribution in [0.4, 0.5) is 0 Å². The van der Waals surface area contributed by atoms with Crippen LogP contribution in [0.3, 0.4) is 0 Å². The summed E-state index contributed by atoms with van der Waals surface area (Å²) in [7, 11) is 0. The van der Waals surface area contributed by atoms with Crippen LogP contribution in [0.2, 0.25) is 0 Å². The van der Waals surface area contributed by atoms with Crippen molar-refractivity contribution < 1.29 is 9.53 Å². The summed E-state index contributed by atoms with van der Waals surface area (Å²) in [6, 6.07) is 27.0. The maximum absolute atomic E-state index is 12.2. The van der Waals surface area contributed by atoms with Crippen LogP contribution in [0.1, 0.15) is 21.5 Å². The second kappa shape index (κ2) is 7.97. The minimum absolute atomic E-state index is 0.0746. The van der Waals surface area contributed by atoms with Crippen molar-refractivity contribution in [3.8, 4) is 5.75 Å². The third-order valence-corrected chi connectivity index (χ3v) is 3.66. The van der Waals surface area contributed by atoms with Crippen molar-refractivity contribution in [2.45, 2.75) is 13.2 Å². The molecule has 0 aliphatic heterocycles. The topological polar surface area (TPSA) is 38.3 Å². The number of carbonyl (C=O) groups is 1. The van der Waals surface area contributed by atoms with Crippen LogP contribution in [0.5, 0.6) is 5.75 Å². The standard InChI is InChI=1S/C21H19NO2/c23-21(22-15-17-7-3-1-4-8-17)19-13-11-18(12-14-19)16-24-20-9-5-2-6-10-20/h1-14H,15-16H2,(H,22,23). The van der Waals surface area contributed by atoms with Gasteiger partial charge in [0.1, 0.15) is 12.4 Å². The Labute approximate surface area is 141 Å². The van der Waals surface area contributed by atoms with Gasteiger partial charge < -0.3 is 10.1 Å². The van der Waals surface area contributed by atoms with Gasteiger partial charge in [0.05, 0.1) is 0 Å². The van der Waals surface area contributed by atoms with E-state index >= 15 is 0 Å². The molecule has 24 heavy (non-hydrogen) atoms. The molecular formula is C21H19NO2. The number of hydrogen-bond donors (Lipinski definition) is 1. The van der Waals surface area contributed by atoms with Gasteiger partial charge in [-0.3, -0.25) is 4.79 Å². The van der Waals surface area contributed by atoms with Gasteiger partial charge in [-0.2, -0.15) is 0 Å². The third kappa shape index (κ3) is 4.46. The van der Waals surface area contributed by atoms with Gasteiger partial charge in [-0.1, -0.05) is 60.7 Å². The third-order valence-electron chi connectivity index (χ3n) is 3.66. The minimum Gasteiger partial charge on any atom is -0.489 e. The van der Waals surface area contributed by atoms with E-state index in [1.165, 1.54) is 0 Å². The molecule has 3 rings (SSSR count). The average Bonchev–Trinajstić information content (AvgIpc) is 2.66. The molecule has 3 aromatic rings. The molecule has 0 aromatic heterocycles. The van der Waals surface area contributed by atoms with Crippen LogP contribution in [0.25, 0.3) is 0 Å². The van der Waals surface area contributed by atoms with Crippen molar-refractivity contribution in [2.24, 2.45) is 0 Å². The monoisotopic (exact) mass is 317 g/mol. The fourth-order valence-electron chi connectivity index (χ4n) is 2.32. The van der Waals surface area contributed by atoms with E-state index in [-0.39, 0.29) is 5.91 Å². The number of carbonyl (C=O) groups excluding carboxylic acids is 1. The second-order valence-electron chi connectivity index (χ2n) is 5.47. The van der Waals surface area contributed by atoms with E-state index in [2.05, 4.69) is 5.32 Å². The molecule has 0 spiro atoms. The highest BCUT2D eigenvalue weighted by atomic mass is 16.5. The molecule has 3 aromatic carbocycles. The molecule has 3 nitrogen and oxygen atoms in total. The lowest BCUT2D eigenvalue weighted by Crippen LogP contribution is -2.22. The summed E-state index contributed by atoms with van der Waals surface area (Å²) >= 11 is 0. The first-order chi connectivity index (χ1) is 11.8. The van der Waals surface area contributed by atoms with Crippen LogP contribution in [-0.4, -0.2) is 5.91 Å². The molecule has 1 N–H and O–H groups in total. The maximum Gasteiger partial charge on any atom is 0.251 e. The number of para-hydroxylation sites is 1. The molecule has 3 heteroatoms. The lowest BCUT2D eigenvalue weighted by atomic mass is 10.1. The van der Waals surface area contributed by atoms with Crippen molar-refractivity contribution >= 4 is 5.91 Å². The van der Waals surface area contributed by atoms with Gasteiger partial charge in [-0.25, -0.2) is 0 Å². The molecule has 1 amide bonds. The van der Waals surface area contributed by atoms with Crippen LogP contribution in [-0.2, 0) is 13.2 Å². The zero-order chi connectivity index (χ0) is 16.6. The first-order valence-electron chi connectivity index (χ1n) is 7.90. The molecule has 0 unspecified atom stereocenters. The largest absolute Gasteiger partial charge is 0.489 e. The molecule has 120 valence electrons. The highest BCUT2D eigenvalue weighted by molar-refractivity contribution is 5.94. The SMILES string of the molecule is O=C(NCc1ccccc1)c1ccc(COc2ccccc2)cc1. The van der Waals surface area contributed by atoms with Crippen molar-refractivity contribution in [3.63, 3.8) is 0 Å². The smallest absolute Gasteiger partial charge is 0.251 e. The van der Waals surface area contributed by atoms with E-state index in [1.54, 1.807) is 0 Å². The van der Waals surface area contributed by atoms with Gasteiger partial charge in [0.25, 0.3) is 5.91 Å². The van der Waals surface area contributed by atoms with Gasteiger partial charge in [-0.15, -0.1) is 0 Å². The number of amides is 1. The molecular weight excluding hydrogens is 298 g/mol. The molecule has 0 bridgehead atoms. The Morgan fingerprint density at radius 2 is 1.38 bits per heavy atom. The predicted molar refractivity (Wildman–Crippen MR) is 94.8 cm³/mol. The minimum atomic E-state index is -0.0746. The first kappa shape index (κ1) is 15.8. The highest BCUT2D eigenvalue weighted by Gasteiger charge is 2.05. The number of hydrogen-bond acceptors (Lipinski definition) is 2. The van der Waals surface area contributed by atoms with Crippen molar-refractivity contribution in [3.05, 3.63) is 102 Å². The molecule has 0 aliphatic carbocycles. The van der Waals surface area contributed by atoms with Gasteiger partial charge in [0.2, 0.25) is 0 Å². The van der Waals surface area contributed by atoms with E-state index in [0.29, 0.717) is 18.7 Å². The number of ether oxygens (including phenoxy) is 1. The molecule has 0 heterocycles. The van der Waals surface area contributed by atoms with Crippen molar-refractivity contribution in [1.29, 1.82) is 0 Å². The Morgan fingerprint density at radius 1 is 0.750 bits per heavy atom. The zero-order valence-electron chi connectivity index (χ0n) is 13.3. The lowest BCUT2D eigenvalue weighted by molar-refractivity contribution is 0.0951. The van der Waals surface area contributed by atoms with E-state index in [4.69, 9.17) is 4.74 Å². The fraction of sp³-hybridized carbons (Fsp3) is 0.0952. The fourth-order valence-corrected chi connectivity index (χ4v) is 2.32. The van der Waals surface area contributed by atoms with Crippen molar-refractivity contribution in [2.75, 3.05) is 0 Å². The highest BCUT2D eigenvalue weighted by Crippen LogP contribution is 2.12. The maximum atomic E-state index is 12.2. The second-order valence-corrected chi connectivity index (χ2v) is 5.47. The Morgan fingerprint density at radius 3 is 2.04 bits per heavy atom. The predicted octanol–water partition coefficient (Wildman–Crippen LogP) is 4.20. The summed E-state index contributed by atoms with van der Waals surface area (Å²) in [5.74, 6) is 0.761. The number of nitrogens with one attached hydrogen (secondary N) is 1.